The number of hydrogen-bond acceptors (Lipinski definition) is 13. The van der Waals surface area contributed by atoms with Gasteiger partial charge in [-0.2, -0.15) is 0 Å². The summed E-state index contributed by atoms with van der Waals surface area (Å²) in [6, 6.07) is 0. The van der Waals surface area contributed by atoms with E-state index in [2.05, 4.69) is 0 Å². The van der Waals surface area contributed by atoms with Crippen molar-refractivity contribution in [2.45, 2.75) is 54.8 Å². The molecule has 0 radical (unpaired) electrons. The van der Waals surface area contributed by atoms with Crippen LogP contribution < -0.4 is 11.5 Å². The van der Waals surface area contributed by atoms with E-state index in [1.165, 1.54) is 0 Å². The van der Waals surface area contributed by atoms with Crippen molar-refractivity contribution < 1.29 is 54.7 Å². The van der Waals surface area contributed by atoms with Gasteiger partial charge in [-0.3, -0.25) is 0 Å². The van der Waals surface area contributed by atoms with Gasteiger partial charge in [-0.25, -0.2) is 0 Å². The van der Waals surface area contributed by atoms with E-state index in [1.54, 1.807) is 0 Å². The Labute approximate surface area is 160 Å². The minimum atomic E-state index is -2.24. The second-order valence-corrected chi connectivity index (χ2v) is 6.63. The lowest BCUT2D eigenvalue weighted by atomic mass is 9.99. The van der Waals surface area contributed by atoms with Crippen LogP contribution >= 0.6 is 0 Å². The molecule has 0 unspecified atom stereocenters. The maximum absolute atomic E-state index is 10.2. The first-order valence-corrected chi connectivity index (χ1v) is 8.57. The van der Waals surface area contributed by atoms with Gasteiger partial charge in [-0.05, 0) is 0 Å². The van der Waals surface area contributed by atoms with Crippen LogP contribution in [-0.2, 0) is 18.9 Å². The Kier molecular flexibility index (Phi) is 7.95. The zero-order chi connectivity index (χ0) is 21.1. The van der Waals surface area contributed by atoms with Crippen molar-refractivity contribution in [2.75, 3.05) is 26.4 Å². The number of hydrogen-bond donors (Lipinski definition) is 9. The summed E-state index contributed by atoms with van der Waals surface area (Å²) in [6.45, 7) is -1.99. The van der Waals surface area contributed by atoms with Gasteiger partial charge in [0.1, 0.15) is 49.3 Å². The van der Waals surface area contributed by atoms with Gasteiger partial charge in [0.05, 0.1) is 25.5 Å². The van der Waals surface area contributed by atoms with Crippen molar-refractivity contribution in [3.05, 3.63) is 11.9 Å². The maximum Gasteiger partial charge on any atom is 0.224 e. The van der Waals surface area contributed by atoms with Crippen LogP contribution in [0.3, 0.4) is 0 Å². The Bertz CT molecular complexity index is 538. The summed E-state index contributed by atoms with van der Waals surface area (Å²) >= 11 is 0. The highest BCUT2D eigenvalue weighted by Crippen LogP contribution is 2.35. The summed E-state index contributed by atoms with van der Waals surface area (Å²) in [5.41, 5.74) is 10.9. The van der Waals surface area contributed by atoms with Crippen LogP contribution in [-0.4, -0.2) is 117 Å². The summed E-state index contributed by atoms with van der Waals surface area (Å²) in [6.07, 6.45) is -11.4. The van der Waals surface area contributed by atoms with Crippen molar-refractivity contribution in [3.63, 3.8) is 0 Å². The summed E-state index contributed by atoms with van der Waals surface area (Å²) in [4.78, 5) is 0. The Morgan fingerprint density at radius 2 is 1.68 bits per heavy atom. The molecule has 0 bridgehead atoms. The second-order valence-electron chi connectivity index (χ2n) is 6.63. The molecule has 2 aliphatic heterocycles. The van der Waals surface area contributed by atoms with Crippen molar-refractivity contribution in [1.82, 2.24) is 0 Å². The normalized spacial score (nSPS) is 44.8. The first kappa shape index (κ1) is 23.2. The predicted molar refractivity (Wildman–Crippen MR) is 88.8 cm³/mol. The molecule has 11 N–H and O–H groups in total. The fourth-order valence-electron chi connectivity index (χ4n) is 2.96. The van der Waals surface area contributed by atoms with Gasteiger partial charge in [0.15, 0.2) is 6.29 Å². The third kappa shape index (κ3) is 4.55. The lowest BCUT2D eigenvalue weighted by molar-refractivity contribution is -0.384. The molecule has 0 aromatic carbocycles. The van der Waals surface area contributed by atoms with Gasteiger partial charge in [0.25, 0.3) is 0 Å². The molecule has 0 amide bonds. The molecule has 13 nitrogen and oxygen atoms in total. The molecule has 2 rings (SSSR count). The van der Waals surface area contributed by atoms with Crippen LogP contribution in [0.2, 0.25) is 0 Å². The molecule has 0 saturated carbocycles. The Morgan fingerprint density at radius 1 is 1.00 bits per heavy atom. The second kappa shape index (κ2) is 9.60. The molecule has 2 fully saturated rings. The Morgan fingerprint density at radius 3 is 2.21 bits per heavy atom. The monoisotopic (exact) mass is 412 g/mol. The minimum Gasteiger partial charge on any atom is -0.403 e. The third-order valence-corrected chi connectivity index (χ3v) is 4.66. The van der Waals surface area contributed by atoms with E-state index in [-0.39, 0.29) is 18.9 Å². The molecule has 2 aliphatic rings. The zero-order valence-electron chi connectivity index (χ0n) is 14.9. The smallest absolute Gasteiger partial charge is 0.224 e. The molecule has 13 heteroatoms. The van der Waals surface area contributed by atoms with Gasteiger partial charge < -0.3 is 66.2 Å². The molecule has 9 atom stereocenters. The van der Waals surface area contributed by atoms with Crippen molar-refractivity contribution in [3.8, 4) is 0 Å². The van der Waals surface area contributed by atoms with Gasteiger partial charge in [0, 0.05) is 6.20 Å². The summed E-state index contributed by atoms with van der Waals surface area (Å²) in [7, 11) is 0. The van der Waals surface area contributed by atoms with E-state index in [9.17, 15) is 35.7 Å². The first-order chi connectivity index (χ1) is 13.2. The molecular formula is C15H28N2O11. The maximum atomic E-state index is 10.2. The largest absolute Gasteiger partial charge is 0.403 e. The van der Waals surface area contributed by atoms with Crippen molar-refractivity contribution in [2.24, 2.45) is 11.5 Å². The quantitative estimate of drug-likeness (QED) is 0.181. The minimum absolute atomic E-state index is 0.0833. The molecular weight excluding hydrogens is 384 g/mol. The lowest BCUT2D eigenvalue weighted by Crippen LogP contribution is -2.62. The van der Waals surface area contributed by atoms with Crippen LogP contribution in [0.5, 0.6) is 0 Å². The number of rotatable bonds is 8. The van der Waals surface area contributed by atoms with Crippen molar-refractivity contribution >= 4 is 0 Å². The van der Waals surface area contributed by atoms with E-state index in [1.807, 2.05) is 0 Å². The fraction of sp³-hybridized carbons (Fsp3) is 0.867. The molecule has 0 aromatic rings. The number of nitrogens with two attached hydrogens (primary N) is 2. The predicted octanol–water partition coefficient (Wildman–Crippen LogP) is -5.61. The average Bonchev–Trinajstić information content (AvgIpc) is 2.94. The Hall–Kier alpha value is -1.10. The van der Waals surface area contributed by atoms with Gasteiger partial charge in [0.2, 0.25) is 5.79 Å². The highest BCUT2D eigenvalue weighted by molar-refractivity contribution is 4.98. The van der Waals surface area contributed by atoms with Gasteiger partial charge in [-0.1, -0.05) is 0 Å². The van der Waals surface area contributed by atoms with Gasteiger partial charge >= 0.3 is 0 Å². The number of aliphatic hydroxyl groups excluding tert-OH is 7. The molecule has 2 saturated heterocycles. The summed E-state index contributed by atoms with van der Waals surface area (Å²) < 4.78 is 21.2. The highest BCUT2D eigenvalue weighted by atomic mass is 16.8. The van der Waals surface area contributed by atoms with Gasteiger partial charge in [-0.15, -0.1) is 0 Å². The van der Waals surface area contributed by atoms with Crippen molar-refractivity contribution in [1.29, 1.82) is 0 Å². The number of ether oxygens (including phenoxy) is 4. The van der Waals surface area contributed by atoms with E-state index < -0.39 is 68.0 Å². The van der Waals surface area contributed by atoms with E-state index in [0.29, 0.717) is 0 Å². The molecule has 28 heavy (non-hydrogen) atoms. The average molecular weight is 412 g/mol. The molecule has 2 heterocycles. The van der Waals surface area contributed by atoms with E-state index in [4.69, 9.17) is 30.4 Å². The summed E-state index contributed by atoms with van der Waals surface area (Å²) in [5.74, 6) is -2.24. The molecule has 0 aromatic heterocycles. The van der Waals surface area contributed by atoms with Crippen LogP contribution in [0.4, 0.5) is 0 Å². The highest BCUT2D eigenvalue weighted by Gasteiger charge is 2.58. The van der Waals surface area contributed by atoms with E-state index >= 15 is 0 Å². The van der Waals surface area contributed by atoms with Crippen LogP contribution in [0, 0.1) is 0 Å². The lowest BCUT2D eigenvalue weighted by Gasteiger charge is -2.43. The molecule has 164 valence electrons. The van der Waals surface area contributed by atoms with Crippen LogP contribution in [0.15, 0.2) is 11.9 Å². The number of aliphatic hydroxyl groups is 7. The topological polar surface area (TPSA) is 231 Å². The molecule has 0 spiro atoms. The van der Waals surface area contributed by atoms with E-state index in [0.717, 1.165) is 6.20 Å². The standard InChI is InChI=1S/C15H28N2O11/c16-1-6(17)3-25-4-8-9(20)11(22)12(23)14(26-8)28-15(5-19)13(24)10(21)7(2-18)27-15/h1,7-14,18-24H,2-5,16-17H2/t7-,8-,9-,10-,11+,12-,13+,14-,15+/m1/s1. The Balaban J connectivity index is 2.10. The fourth-order valence-corrected chi connectivity index (χ4v) is 2.96. The third-order valence-electron chi connectivity index (χ3n) is 4.66. The zero-order valence-corrected chi connectivity index (χ0v) is 14.9. The molecule has 0 aliphatic carbocycles. The van der Waals surface area contributed by atoms with Crippen LogP contribution in [0.25, 0.3) is 0 Å². The summed E-state index contributed by atoms with van der Waals surface area (Å²) in [5, 5.41) is 69.2. The van der Waals surface area contributed by atoms with Crippen LogP contribution in [0.1, 0.15) is 0 Å². The SMILES string of the molecule is NC=C(N)COC[C@H]1O[C@H](O[C@]2(CO)O[C@H](CO)[C@@H](O)[C@@H]2O)[C@H](O)[C@@H](O)[C@@H]1O. The first-order valence-electron chi connectivity index (χ1n) is 8.57.